The number of aromatic amines is 1. The summed E-state index contributed by atoms with van der Waals surface area (Å²) in [6.45, 7) is 4.37. The maximum Gasteiger partial charge on any atom is 0.337 e. The molecule has 17 heavy (non-hydrogen) atoms. The highest BCUT2D eigenvalue weighted by Gasteiger charge is 2.10. The Bertz CT molecular complexity index is 540. The summed E-state index contributed by atoms with van der Waals surface area (Å²) in [4.78, 5) is 14.7. The molecule has 2 rings (SSSR count). The van der Waals surface area contributed by atoms with Crippen LogP contribution in [0.25, 0.3) is 10.9 Å². The summed E-state index contributed by atoms with van der Waals surface area (Å²) in [7, 11) is 1.40. The van der Waals surface area contributed by atoms with Gasteiger partial charge in [0, 0.05) is 17.1 Å². The first-order chi connectivity index (χ1) is 8.11. The van der Waals surface area contributed by atoms with Gasteiger partial charge in [0.05, 0.1) is 12.7 Å². The van der Waals surface area contributed by atoms with E-state index in [2.05, 4.69) is 18.8 Å². The Kier molecular flexibility index (Phi) is 3.18. The number of rotatable bonds is 3. The number of methoxy groups -OCH3 is 1. The summed E-state index contributed by atoms with van der Waals surface area (Å²) in [6.07, 6.45) is 3.02. The fraction of sp³-hybridized carbons (Fsp3) is 0.357. The van der Waals surface area contributed by atoms with Gasteiger partial charge in [-0.2, -0.15) is 0 Å². The second-order valence-corrected chi connectivity index (χ2v) is 4.66. The van der Waals surface area contributed by atoms with Crippen LogP contribution in [-0.4, -0.2) is 18.1 Å². The molecule has 0 saturated heterocycles. The molecule has 1 heterocycles. The molecule has 2 aromatic rings. The molecule has 1 aromatic carbocycles. The second-order valence-electron chi connectivity index (χ2n) is 4.66. The van der Waals surface area contributed by atoms with E-state index in [-0.39, 0.29) is 5.97 Å². The third-order valence-corrected chi connectivity index (χ3v) is 2.82. The van der Waals surface area contributed by atoms with Crippen molar-refractivity contribution in [1.29, 1.82) is 0 Å². The molecule has 0 fully saturated rings. The first-order valence-corrected chi connectivity index (χ1v) is 5.80. The number of hydrogen-bond acceptors (Lipinski definition) is 2. The quantitative estimate of drug-likeness (QED) is 0.824. The van der Waals surface area contributed by atoms with Crippen LogP contribution in [0.5, 0.6) is 0 Å². The number of nitrogens with one attached hydrogen (secondary N) is 1. The Balaban J connectivity index is 2.46. The number of H-pyrrole nitrogens is 1. The van der Waals surface area contributed by atoms with Crippen LogP contribution in [0, 0.1) is 5.92 Å². The molecule has 0 amide bonds. The monoisotopic (exact) mass is 231 g/mol. The van der Waals surface area contributed by atoms with Crippen molar-refractivity contribution in [3.05, 3.63) is 35.5 Å². The van der Waals surface area contributed by atoms with Crippen molar-refractivity contribution in [3.8, 4) is 0 Å². The van der Waals surface area contributed by atoms with Gasteiger partial charge in [-0.05, 0) is 36.1 Å². The molecule has 0 aliphatic heterocycles. The fourth-order valence-corrected chi connectivity index (χ4v) is 2.03. The normalized spacial score (nSPS) is 11.1. The minimum atomic E-state index is -0.288. The smallest absolute Gasteiger partial charge is 0.337 e. The van der Waals surface area contributed by atoms with Gasteiger partial charge in [0.1, 0.15) is 0 Å². The molecule has 90 valence electrons. The maximum atomic E-state index is 11.5. The zero-order chi connectivity index (χ0) is 12.4. The zero-order valence-electron chi connectivity index (χ0n) is 10.4. The number of aromatic nitrogens is 1. The molecular formula is C14H17NO2. The summed E-state index contributed by atoms with van der Waals surface area (Å²) in [5.74, 6) is 0.305. The first-order valence-electron chi connectivity index (χ1n) is 5.80. The summed E-state index contributed by atoms with van der Waals surface area (Å²) < 4.78 is 4.73. The molecule has 0 aliphatic carbocycles. The molecule has 3 nitrogen and oxygen atoms in total. The molecule has 1 aromatic heterocycles. The van der Waals surface area contributed by atoms with Gasteiger partial charge in [0.25, 0.3) is 0 Å². The Morgan fingerprint density at radius 2 is 2.18 bits per heavy atom. The lowest BCUT2D eigenvalue weighted by Gasteiger charge is -2.04. The summed E-state index contributed by atoms with van der Waals surface area (Å²) in [5, 5.41) is 1.11. The predicted molar refractivity (Wildman–Crippen MR) is 68.2 cm³/mol. The first kappa shape index (κ1) is 11.7. The van der Waals surface area contributed by atoms with Crippen LogP contribution in [0.15, 0.2) is 24.4 Å². The van der Waals surface area contributed by atoms with Crippen molar-refractivity contribution in [2.24, 2.45) is 5.92 Å². The van der Waals surface area contributed by atoms with Crippen molar-refractivity contribution < 1.29 is 9.53 Å². The van der Waals surface area contributed by atoms with E-state index >= 15 is 0 Å². The highest BCUT2D eigenvalue weighted by Crippen LogP contribution is 2.22. The van der Waals surface area contributed by atoms with E-state index in [0.29, 0.717) is 11.5 Å². The van der Waals surface area contributed by atoms with Gasteiger partial charge in [0.2, 0.25) is 0 Å². The molecule has 0 spiro atoms. The number of carbonyl (C=O) groups is 1. The molecule has 0 unspecified atom stereocenters. The molecule has 0 aliphatic rings. The lowest BCUT2D eigenvalue weighted by atomic mass is 10.0. The zero-order valence-corrected chi connectivity index (χ0v) is 10.4. The van der Waals surface area contributed by atoms with Crippen molar-refractivity contribution >= 4 is 16.9 Å². The number of hydrogen-bond donors (Lipinski definition) is 1. The Morgan fingerprint density at radius 1 is 1.41 bits per heavy atom. The largest absolute Gasteiger partial charge is 0.465 e. The van der Waals surface area contributed by atoms with Crippen molar-refractivity contribution in [2.75, 3.05) is 7.11 Å². The van der Waals surface area contributed by atoms with Gasteiger partial charge in [-0.3, -0.25) is 0 Å². The van der Waals surface area contributed by atoms with Gasteiger partial charge in [-0.15, -0.1) is 0 Å². The third-order valence-electron chi connectivity index (χ3n) is 2.82. The SMILES string of the molecule is COC(=O)c1ccc2[nH]cc(CC(C)C)c2c1. The van der Waals surface area contributed by atoms with Gasteiger partial charge >= 0.3 is 5.97 Å². The average Bonchev–Trinajstić information content (AvgIpc) is 2.70. The molecule has 0 atom stereocenters. The minimum Gasteiger partial charge on any atom is -0.465 e. The topological polar surface area (TPSA) is 42.1 Å². The fourth-order valence-electron chi connectivity index (χ4n) is 2.03. The number of ether oxygens (including phenoxy) is 1. The van der Waals surface area contributed by atoms with Crippen molar-refractivity contribution in [2.45, 2.75) is 20.3 Å². The number of carbonyl (C=O) groups excluding carboxylic acids is 1. The summed E-state index contributed by atoms with van der Waals surface area (Å²) in [5.41, 5.74) is 2.92. The molecule has 0 radical (unpaired) electrons. The predicted octanol–water partition coefficient (Wildman–Crippen LogP) is 3.15. The van der Waals surface area contributed by atoms with E-state index in [1.807, 2.05) is 18.3 Å². The van der Waals surface area contributed by atoms with Gasteiger partial charge < -0.3 is 9.72 Å². The third kappa shape index (κ3) is 2.33. The Morgan fingerprint density at radius 3 is 2.82 bits per heavy atom. The van der Waals surface area contributed by atoms with Crippen LogP contribution in [0.4, 0.5) is 0 Å². The average molecular weight is 231 g/mol. The number of esters is 1. The Labute approximate surface area is 101 Å². The lowest BCUT2D eigenvalue weighted by Crippen LogP contribution is -2.00. The molecule has 1 N–H and O–H groups in total. The summed E-state index contributed by atoms with van der Waals surface area (Å²) in [6, 6.07) is 5.60. The van der Waals surface area contributed by atoms with Crippen molar-refractivity contribution in [3.63, 3.8) is 0 Å². The van der Waals surface area contributed by atoms with E-state index < -0.39 is 0 Å². The van der Waals surface area contributed by atoms with Gasteiger partial charge in [0.15, 0.2) is 0 Å². The lowest BCUT2D eigenvalue weighted by molar-refractivity contribution is 0.0601. The van der Waals surface area contributed by atoms with Crippen LogP contribution in [0.1, 0.15) is 29.8 Å². The van der Waals surface area contributed by atoms with Crippen LogP contribution < -0.4 is 0 Å². The Hall–Kier alpha value is -1.77. The molecule has 0 bridgehead atoms. The molecular weight excluding hydrogens is 214 g/mol. The standard InChI is InChI=1S/C14H17NO2/c1-9(2)6-11-8-15-13-5-4-10(7-12(11)13)14(16)17-3/h4-5,7-9,15H,6H2,1-3H3. The van der Waals surface area contributed by atoms with Crippen LogP contribution in [-0.2, 0) is 11.2 Å². The highest BCUT2D eigenvalue weighted by atomic mass is 16.5. The van der Waals surface area contributed by atoms with E-state index in [1.165, 1.54) is 12.7 Å². The van der Waals surface area contributed by atoms with Crippen LogP contribution in [0.3, 0.4) is 0 Å². The molecule has 0 saturated carbocycles. The van der Waals surface area contributed by atoms with Gasteiger partial charge in [-0.25, -0.2) is 4.79 Å². The molecule has 3 heteroatoms. The second kappa shape index (κ2) is 4.62. The van der Waals surface area contributed by atoms with E-state index in [4.69, 9.17) is 4.74 Å². The van der Waals surface area contributed by atoms with E-state index in [9.17, 15) is 4.79 Å². The van der Waals surface area contributed by atoms with Crippen LogP contribution >= 0.6 is 0 Å². The number of fused-ring (bicyclic) bond motifs is 1. The minimum absolute atomic E-state index is 0.288. The van der Waals surface area contributed by atoms with E-state index in [0.717, 1.165) is 17.3 Å². The summed E-state index contributed by atoms with van der Waals surface area (Å²) >= 11 is 0. The van der Waals surface area contributed by atoms with E-state index in [1.54, 1.807) is 6.07 Å². The highest BCUT2D eigenvalue weighted by molar-refractivity contribution is 5.95. The van der Waals surface area contributed by atoms with Crippen molar-refractivity contribution in [1.82, 2.24) is 4.98 Å². The number of benzene rings is 1. The van der Waals surface area contributed by atoms with Crippen LogP contribution in [0.2, 0.25) is 0 Å². The van der Waals surface area contributed by atoms with Gasteiger partial charge in [-0.1, -0.05) is 13.8 Å². The maximum absolute atomic E-state index is 11.5.